The zero-order chi connectivity index (χ0) is 15.4. The van der Waals surface area contributed by atoms with E-state index in [1.54, 1.807) is 12.1 Å². The Morgan fingerprint density at radius 1 is 1.24 bits per heavy atom. The van der Waals surface area contributed by atoms with E-state index >= 15 is 0 Å². The number of hydrogen-bond acceptors (Lipinski definition) is 2. The molecule has 0 bridgehead atoms. The van der Waals surface area contributed by atoms with Gasteiger partial charge in [0.25, 0.3) is 0 Å². The van der Waals surface area contributed by atoms with Crippen LogP contribution in [0.25, 0.3) is 0 Å². The second-order valence-electron chi connectivity index (χ2n) is 5.17. The van der Waals surface area contributed by atoms with Crippen LogP contribution in [-0.4, -0.2) is 15.8 Å². The van der Waals surface area contributed by atoms with Gasteiger partial charge in [0.15, 0.2) is 0 Å². The number of benzene rings is 1. The highest BCUT2D eigenvalue weighted by atomic mass is 35.5. The van der Waals surface area contributed by atoms with Crippen LogP contribution in [0, 0.1) is 5.82 Å². The molecular weight excluding hydrogens is 289 g/mol. The first-order valence-electron chi connectivity index (χ1n) is 7.29. The zero-order valence-electron chi connectivity index (χ0n) is 12.4. The average Bonchev–Trinajstić information content (AvgIpc) is 2.77. The molecule has 1 aromatic carbocycles. The molecule has 1 atom stereocenters. The monoisotopic (exact) mass is 309 g/mol. The highest BCUT2D eigenvalue weighted by Gasteiger charge is 2.17. The van der Waals surface area contributed by atoms with Crippen molar-refractivity contribution in [1.29, 1.82) is 0 Å². The maximum atomic E-state index is 12.9. The van der Waals surface area contributed by atoms with Crippen LogP contribution in [0.1, 0.15) is 30.8 Å². The molecule has 2 N–H and O–H groups in total. The third kappa shape index (κ3) is 3.83. The van der Waals surface area contributed by atoms with E-state index in [0.717, 1.165) is 34.9 Å². The summed E-state index contributed by atoms with van der Waals surface area (Å²) in [7, 11) is 0. The first-order chi connectivity index (χ1) is 10.0. The van der Waals surface area contributed by atoms with Gasteiger partial charge in [-0.1, -0.05) is 30.7 Å². The van der Waals surface area contributed by atoms with E-state index in [4.69, 9.17) is 17.3 Å². The maximum absolute atomic E-state index is 12.9. The van der Waals surface area contributed by atoms with Crippen molar-refractivity contribution in [2.75, 3.05) is 0 Å². The average molecular weight is 310 g/mol. The fourth-order valence-corrected chi connectivity index (χ4v) is 2.80. The summed E-state index contributed by atoms with van der Waals surface area (Å²) in [6, 6.07) is 6.39. The molecule has 2 aromatic rings. The van der Waals surface area contributed by atoms with Crippen LogP contribution in [0.4, 0.5) is 4.39 Å². The van der Waals surface area contributed by atoms with Crippen molar-refractivity contribution in [3.05, 3.63) is 52.1 Å². The van der Waals surface area contributed by atoms with Crippen LogP contribution in [0.3, 0.4) is 0 Å². The molecule has 114 valence electrons. The number of nitrogens with zero attached hydrogens (tertiary/aromatic N) is 2. The number of nitrogens with two attached hydrogens (primary N) is 1. The molecule has 0 saturated carbocycles. The highest BCUT2D eigenvalue weighted by Crippen LogP contribution is 2.23. The standard InChI is InChI=1S/C16H21ClFN3/c1-3-14-16(17)15(21(4-2)20-14)10-13(19)9-11-5-7-12(18)8-6-11/h5-8,13H,3-4,9-10,19H2,1-2H3. The smallest absolute Gasteiger partial charge is 0.123 e. The fourth-order valence-electron chi connectivity index (χ4n) is 2.46. The first kappa shape index (κ1) is 16.0. The minimum Gasteiger partial charge on any atom is -0.327 e. The van der Waals surface area contributed by atoms with E-state index in [0.29, 0.717) is 12.8 Å². The Labute approximate surface area is 129 Å². The number of halogens is 2. The van der Waals surface area contributed by atoms with Crippen molar-refractivity contribution >= 4 is 11.6 Å². The zero-order valence-corrected chi connectivity index (χ0v) is 13.2. The molecule has 0 spiro atoms. The molecule has 1 heterocycles. The van der Waals surface area contributed by atoms with Gasteiger partial charge in [-0.05, 0) is 37.5 Å². The Balaban J connectivity index is 2.10. The van der Waals surface area contributed by atoms with Gasteiger partial charge in [-0.25, -0.2) is 4.39 Å². The number of aryl methyl sites for hydroxylation is 2. The predicted molar refractivity (Wildman–Crippen MR) is 84.1 cm³/mol. The molecule has 21 heavy (non-hydrogen) atoms. The Kier molecular flexibility index (Phi) is 5.37. The Morgan fingerprint density at radius 3 is 2.48 bits per heavy atom. The topological polar surface area (TPSA) is 43.8 Å². The Bertz CT molecular complexity index is 592. The van der Waals surface area contributed by atoms with E-state index in [-0.39, 0.29) is 11.9 Å². The molecule has 0 saturated heterocycles. The Morgan fingerprint density at radius 2 is 1.90 bits per heavy atom. The quantitative estimate of drug-likeness (QED) is 0.889. The summed E-state index contributed by atoms with van der Waals surface area (Å²) in [6.45, 7) is 4.85. The van der Waals surface area contributed by atoms with Gasteiger partial charge in [0, 0.05) is 19.0 Å². The van der Waals surface area contributed by atoms with Gasteiger partial charge in [-0.3, -0.25) is 4.68 Å². The summed E-state index contributed by atoms with van der Waals surface area (Å²) < 4.78 is 14.8. The molecule has 0 radical (unpaired) electrons. The molecule has 3 nitrogen and oxygen atoms in total. The van der Waals surface area contributed by atoms with Crippen molar-refractivity contribution < 1.29 is 4.39 Å². The summed E-state index contributed by atoms with van der Waals surface area (Å²) in [5.41, 5.74) is 9.16. The maximum Gasteiger partial charge on any atom is 0.123 e. The van der Waals surface area contributed by atoms with Crippen molar-refractivity contribution in [2.45, 2.75) is 45.7 Å². The minimum atomic E-state index is -0.230. The molecule has 2 rings (SSSR count). The van der Waals surface area contributed by atoms with Gasteiger partial charge in [0.05, 0.1) is 16.4 Å². The van der Waals surface area contributed by atoms with Crippen LogP contribution in [0.2, 0.25) is 5.02 Å². The normalized spacial score (nSPS) is 12.6. The van der Waals surface area contributed by atoms with E-state index in [2.05, 4.69) is 5.10 Å². The molecule has 1 unspecified atom stereocenters. The molecular formula is C16H21ClFN3. The van der Waals surface area contributed by atoms with E-state index < -0.39 is 0 Å². The lowest BCUT2D eigenvalue weighted by Crippen LogP contribution is -2.27. The van der Waals surface area contributed by atoms with Crippen LogP contribution >= 0.6 is 11.6 Å². The lowest BCUT2D eigenvalue weighted by Gasteiger charge is -2.13. The van der Waals surface area contributed by atoms with Crippen LogP contribution in [-0.2, 0) is 25.8 Å². The molecule has 0 aliphatic carbocycles. The first-order valence-corrected chi connectivity index (χ1v) is 7.67. The van der Waals surface area contributed by atoms with Crippen molar-refractivity contribution in [1.82, 2.24) is 9.78 Å². The third-order valence-electron chi connectivity index (χ3n) is 3.56. The predicted octanol–water partition coefficient (Wildman–Crippen LogP) is 3.37. The molecule has 5 heteroatoms. The lowest BCUT2D eigenvalue weighted by molar-refractivity contribution is 0.572. The van der Waals surface area contributed by atoms with Gasteiger partial charge >= 0.3 is 0 Å². The number of aromatic nitrogens is 2. The highest BCUT2D eigenvalue weighted by molar-refractivity contribution is 6.31. The van der Waals surface area contributed by atoms with Gasteiger partial charge < -0.3 is 5.73 Å². The molecule has 0 amide bonds. The lowest BCUT2D eigenvalue weighted by atomic mass is 10.0. The van der Waals surface area contributed by atoms with E-state index in [9.17, 15) is 4.39 Å². The van der Waals surface area contributed by atoms with Gasteiger partial charge in [0.1, 0.15) is 5.82 Å². The van der Waals surface area contributed by atoms with Gasteiger partial charge in [-0.15, -0.1) is 0 Å². The summed E-state index contributed by atoms with van der Waals surface area (Å²) in [6.07, 6.45) is 2.16. The molecule has 0 aliphatic rings. The van der Waals surface area contributed by atoms with Crippen molar-refractivity contribution in [2.24, 2.45) is 5.73 Å². The van der Waals surface area contributed by atoms with Crippen LogP contribution in [0.15, 0.2) is 24.3 Å². The summed E-state index contributed by atoms with van der Waals surface area (Å²) in [4.78, 5) is 0. The van der Waals surface area contributed by atoms with Crippen LogP contribution < -0.4 is 5.73 Å². The number of hydrogen-bond donors (Lipinski definition) is 1. The molecule has 1 aromatic heterocycles. The number of rotatable bonds is 6. The second-order valence-corrected chi connectivity index (χ2v) is 5.55. The van der Waals surface area contributed by atoms with Crippen molar-refractivity contribution in [3.63, 3.8) is 0 Å². The van der Waals surface area contributed by atoms with E-state index in [1.165, 1.54) is 12.1 Å². The van der Waals surface area contributed by atoms with Crippen LogP contribution in [0.5, 0.6) is 0 Å². The van der Waals surface area contributed by atoms with Gasteiger partial charge in [0.2, 0.25) is 0 Å². The summed E-state index contributed by atoms with van der Waals surface area (Å²) in [5.74, 6) is -0.230. The second kappa shape index (κ2) is 7.05. The molecule has 0 fully saturated rings. The fraction of sp³-hybridized carbons (Fsp3) is 0.438. The molecule has 0 aliphatic heterocycles. The minimum absolute atomic E-state index is 0.0698. The SMILES string of the molecule is CCc1nn(CC)c(CC(N)Cc2ccc(F)cc2)c1Cl. The van der Waals surface area contributed by atoms with E-state index in [1.807, 2.05) is 18.5 Å². The van der Waals surface area contributed by atoms with Gasteiger partial charge in [-0.2, -0.15) is 5.10 Å². The third-order valence-corrected chi connectivity index (χ3v) is 4.00. The summed E-state index contributed by atoms with van der Waals surface area (Å²) >= 11 is 6.39. The Hall–Kier alpha value is -1.39. The largest absolute Gasteiger partial charge is 0.327 e. The summed E-state index contributed by atoms with van der Waals surface area (Å²) in [5, 5.41) is 5.23. The van der Waals surface area contributed by atoms with Crippen molar-refractivity contribution in [3.8, 4) is 0 Å².